The molecule has 0 saturated heterocycles. The molecule has 2 N–H and O–H groups in total. The van der Waals surface area contributed by atoms with E-state index in [1.807, 2.05) is 55.5 Å². The maximum Gasteiger partial charge on any atom is 0.224 e. The zero-order chi connectivity index (χ0) is 24.5. The van der Waals surface area contributed by atoms with Gasteiger partial charge in [-0.15, -0.1) is 0 Å². The minimum Gasteiger partial charge on any atom is -0.494 e. The molecular formula is C27H29N3O5. The Morgan fingerprint density at radius 2 is 1.80 bits per heavy atom. The van der Waals surface area contributed by atoms with Crippen LogP contribution in [0.5, 0.6) is 23.1 Å². The molecule has 2 heterocycles. The number of hydrogen-bond acceptors (Lipinski definition) is 6. The number of amides is 2. The van der Waals surface area contributed by atoms with E-state index in [0.29, 0.717) is 57.1 Å². The van der Waals surface area contributed by atoms with Gasteiger partial charge < -0.3 is 24.8 Å². The predicted octanol–water partition coefficient (Wildman–Crippen LogP) is 4.63. The standard InChI is InChI=1S/C27H29N3O5/c1-2-33-21-6-8-22(9-7-21)35-27-16-19(13-14-28-27)18-29-25(31)4-3-15-34-23-10-11-24-20(17-23)5-12-26(32)30-24/h6-11,13-14,16-17H,2-5,12,15,18H2,1H3,(H,29,31)(H,30,32). The monoisotopic (exact) mass is 475 g/mol. The molecule has 1 aliphatic heterocycles. The fourth-order valence-corrected chi connectivity index (χ4v) is 3.67. The normalized spacial score (nSPS) is 12.3. The number of fused-ring (bicyclic) bond motifs is 1. The van der Waals surface area contributed by atoms with Crippen LogP contribution < -0.4 is 24.8 Å². The van der Waals surface area contributed by atoms with E-state index < -0.39 is 0 Å². The Morgan fingerprint density at radius 1 is 1.00 bits per heavy atom. The van der Waals surface area contributed by atoms with Gasteiger partial charge in [0.25, 0.3) is 0 Å². The quantitative estimate of drug-likeness (QED) is 0.392. The molecule has 2 amide bonds. The van der Waals surface area contributed by atoms with Gasteiger partial charge in [0.15, 0.2) is 0 Å². The lowest BCUT2D eigenvalue weighted by Crippen LogP contribution is -2.23. The first-order valence-electron chi connectivity index (χ1n) is 11.8. The van der Waals surface area contributed by atoms with Crippen molar-refractivity contribution in [2.45, 2.75) is 39.2 Å². The van der Waals surface area contributed by atoms with Crippen molar-refractivity contribution in [3.63, 3.8) is 0 Å². The molecule has 1 aromatic heterocycles. The van der Waals surface area contributed by atoms with Crippen molar-refractivity contribution in [1.29, 1.82) is 0 Å². The van der Waals surface area contributed by atoms with Crippen LogP contribution in [0.2, 0.25) is 0 Å². The van der Waals surface area contributed by atoms with Crippen LogP contribution in [0, 0.1) is 0 Å². The molecule has 0 radical (unpaired) electrons. The lowest BCUT2D eigenvalue weighted by Gasteiger charge is -2.17. The van der Waals surface area contributed by atoms with Gasteiger partial charge in [-0.2, -0.15) is 0 Å². The van der Waals surface area contributed by atoms with Gasteiger partial charge in [-0.3, -0.25) is 9.59 Å². The van der Waals surface area contributed by atoms with Crippen LogP contribution in [-0.4, -0.2) is 30.0 Å². The average molecular weight is 476 g/mol. The molecule has 2 aromatic carbocycles. The summed E-state index contributed by atoms with van der Waals surface area (Å²) in [4.78, 5) is 27.9. The van der Waals surface area contributed by atoms with Crippen molar-refractivity contribution in [2.75, 3.05) is 18.5 Å². The van der Waals surface area contributed by atoms with Gasteiger partial charge in [0.1, 0.15) is 17.2 Å². The first kappa shape index (κ1) is 24.1. The summed E-state index contributed by atoms with van der Waals surface area (Å²) in [6, 6.07) is 16.6. The Morgan fingerprint density at radius 3 is 2.63 bits per heavy atom. The van der Waals surface area contributed by atoms with E-state index in [-0.39, 0.29) is 11.8 Å². The maximum atomic E-state index is 12.2. The number of aromatic nitrogens is 1. The number of rotatable bonds is 11. The second-order valence-electron chi connectivity index (χ2n) is 8.10. The van der Waals surface area contributed by atoms with Crippen molar-refractivity contribution in [1.82, 2.24) is 10.3 Å². The number of carbonyl (C=O) groups is 2. The highest BCUT2D eigenvalue weighted by molar-refractivity contribution is 5.94. The number of aryl methyl sites for hydroxylation is 1. The van der Waals surface area contributed by atoms with E-state index in [1.165, 1.54) is 0 Å². The molecule has 0 atom stereocenters. The summed E-state index contributed by atoms with van der Waals surface area (Å²) >= 11 is 0. The number of anilines is 1. The molecular weight excluding hydrogens is 446 g/mol. The third kappa shape index (κ3) is 7.20. The number of nitrogens with zero attached hydrogens (tertiary/aromatic N) is 1. The molecule has 0 saturated carbocycles. The van der Waals surface area contributed by atoms with Gasteiger partial charge in [-0.05, 0) is 79.4 Å². The van der Waals surface area contributed by atoms with Crippen molar-refractivity contribution >= 4 is 17.5 Å². The summed E-state index contributed by atoms with van der Waals surface area (Å²) in [6.45, 7) is 3.37. The van der Waals surface area contributed by atoms with Crippen LogP contribution in [0.1, 0.15) is 37.3 Å². The Hall–Kier alpha value is -4.07. The SMILES string of the molecule is CCOc1ccc(Oc2cc(CNC(=O)CCCOc3ccc4c(c3)CCC(=O)N4)ccn2)cc1. The molecule has 182 valence electrons. The van der Waals surface area contributed by atoms with Crippen LogP contribution in [0.4, 0.5) is 5.69 Å². The van der Waals surface area contributed by atoms with Crippen molar-refractivity contribution in [3.05, 3.63) is 71.9 Å². The number of pyridine rings is 1. The van der Waals surface area contributed by atoms with E-state index in [9.17, 15) is 9.59 Å². The van der Waals surface area contributed by atoms with Gasteiger partial charge in [0.2, 0.25) is 17.7 Å². The van der Waals surface area contributed by atoms with Gasteiger partial charge >= 0.3 is 0 Å². The maximum absolute atomic E-state index is 12.2. The molecule has 0 fully saturated rings. The van der Waals surface area contributed by atoms with Gasteiger partial charge in [-0.1, -0.05) is 0 Å². The fourth-order valence-electron chi connectivity index (χ4n) is 3.67. The average Bonchev–Trinajstić information content (AvgIpc) is 2.87. The molecule has 1 aliphatic rings. The number of benzene rings is 2. The predicted molar refractivity (Wildman–Crippen MR) is 132 cm³/mol. The van der Waals surface area contributed by atoms with Crippen LogP contribution in [0.15, 0.2) is 60.8 Å². The Bertz CT molecular complexity index is 1160. The second-order valence-corrected chi connectivity index (χ2v) is 8.10. The van der Waals surface area contributed by atoms with Crippen molar-refractivity contribution in [2.24, 2.45) is 0 Å². The molecule has 8 nitrogen and oxygen atoms in total. The number of ether oxygens (including phenoxy) is 3. The summed E-state index contributed by atoms with van der Waals surface area (Å²) in [6.07, 6.45) is 3.82. The third-order valence-electron chi connectivity index (χ3n) is 5.44. The zero-order valence-electron chi connectivity index (χ0n) is 19.7. The molecule has 0 aliphatic carbocycles. The first-order chi connectivity index (χ1) is 17.1. The smallest absolute Gasteiger partial charge is 0.224 e. The summed E-state index contributed by atoms with van der Waals surface area (Å²) in [5, 5.41) is 5.78. The van der Waals surface area contributed by atoms with E-state index in [1.54, 1.807) is 12.3 Å². The number of carbonyl (C=O) groups excluding carboxylic acids is 2. The minimum atomic E-state index is -0.0486. The molecule has 3 aromatic rings. The van der Waals surface area contributed by atoms with Crippen LogP contribution >= 0.6 is 0 Å². The highest BCUT2D eigenvalue weighted by Gasteiger charge is 2.15. The van der Waals surface area contributed by atoms with Crippen LogP contribution in [0.3, 0.4) is 0 Å². The molecule has 8 heteroatoms. The number of nitrogens with one attached hydrogen (secondary N) is 2. The van der Waals surface area contributed by atoms with Crippen LogP contribution in [-0.2, 0) is 22.6 Å². The number of hydrogen-bond donors (Lipinski definition) is 2. The largest absolute Gasteiger partial charge is 0.494 e. The van der Waals surface area contributed by atoms with Crippen molar-refractivity contribution in [3.8, 4) is 23.1 Å². The van der Waals surface area contributed by atoms with Crippen LogP contribution in [0.25, 0.3) is 0 Å². The van der Waals surface area contributed by atoms with Crippen molar-refractivity contribution < 1.29 is 23.8 Å². The van der Waals surface area contributed by atoms with E-state index in [2.05, 4.69) is 15.6 Å². The molecule has 4 rings (SSSR count). The highest BCUT2D eigenvalue weighted by Crippen LogP contribution is 2.27. The Kier molecular flexibility index (Phi) is 8.17. The molecule has 0 bridgehead atoms. The Labute approximate surface area is 204 Å². The third-order valence-corrected chi connectivity index (χ3v) is 5.44. The zero-order valence-corrected chi connectivity index (χ0v) is 19.7. The summed E-state index contributed by atoms with van der Waals surface area (Å²) in [7, 11) is 0. The lowest BCUT2D eigenvalue weighted by molar-refractivity contribution is -0.121. The molecule has 0 spiro atoms. The molecule has 0 unspecified atom stereocenters. The van der Waals surface area contributed by atoms with E-state index in [0.717, 1.165) is 28.3 Å². The van der Waals surface area contributed by atoms with E-state index in [4.69, 9.17) is 14.2 Å². The van der Waals surface area contributed by atoms with Gasteiger partial charge in [-0.25, -0.2) is 4.98 Å². The topological polar surface area (TPSA) is 98.8 Å². The van der Waals surface area contributed by atoms with Gasteiger partial charge in [0.05, 0.1) is 13.2 Å². The second kappa shape index (κ2) is 11.9. The Balaban J connectivity index is 1.17. The van der Waals surface area contributed by atoms with Gasteiger partial charge in [0, 0.05) is 37.3 Å². The molecule has 35 heavy (non-hydrogen) atoms. The summed E-state index contributed by atoms with van der Waals surface area (Å²) in [5.41, 5.74) is 2.81. The highest BCUT2D eigenvalue weighted by atomic mass is 16.5. The van der Waals surface area contributed by atoms with E-state index >= 15 is 0 Å². The summed E-state index contributed by atoms with van der Waals surface area (Å²) in [5.74, 6) is 2.64. The summed E-state index contributed by atoms with van der Waals surface area (Å²) < 4.78 is 17.0. The first-order valence-corrected chi connectivity index (χ1v) is 11.8. The minimum absolute atomic E-state index is 0.0420. The lowest BCUT2D eigenvalue weighted by atomic mass is 10.0. The fraction of sp³-hybridized carbons (Fsp3) is 0.296.